The summed E-state index contributed by atoms with van der Waals surface area (Å²) < 4.78 is 2.02. The van der Waals surface area contributed by atoms with Crippen LogP contribution in [0.4, 0.5) is 0 Å². The number of carbonyl (C=O) groups excluding carboxylic acids is 1. The van der Waals surface area contributed by atoms with Gasteiger partial charge >= 0.3 is 0 Å². The molecule has 1 aliphatic heterocycles. The van der Waals surface area contributed by atoms with E-state index in [9.17, 15) is 4.79 Å². The summed E-state index contributed by atoms with van der Waals surface area (Å²) in [6, 6.07) is 0. The minimum atomic E-state index is -0.149. The van der Waals surface area contributed by atoms with Gasteiger partial charge in [0.05, 0.1) is 11.7 Å². The van der Waals surface area contributed by atoms with E-state index < -0.39 is 0 Å². The van der Waals surface area contributed by atoms with Gasteiger partial charge in [0, 0.05) is 32.0 Å². The van der Waals surface area contributed by atoms with Crippen molar-refractivity contribution in [2.75, 3.05) is 19.6 Å². The first-order chi connectivity index (χ1) is 8.73. The summed E-state index contributed by atoms with van der Waals surface area (Å²) in [5.41, 5.74) is 5.53. The van der Waals surface area contributed by atoms with Gasteiger partial charge in [0.15, 0.2) is 0 Å². The fraction of sp³-hybridized carbons (Fsp3) is 0.692. The number of amides is 1. The van der Waals surface area contributed by atoms with E-state index in [0.29, 0.717) is 18.4 Å². The van der Waals surface area contributed by atoms with Crippen LogP contribution in [-0.4, -0.2) is 40.0 Å². The van der Waals surface area contributed by atoms with Crippen molar-refractivity contribution >= 4 is 30.7 Å². The lowest BCUT2D eigenvalue weighted by atomic mass is 10.1. The molecular weight excluding hydrogens is 299 g/mol. The lowest BCUT2D eigenvalue weighted by Crippen LogP contribution is -2.38. The molecule has 1 unspecified atom stereocenters. The number of halogens is 2. The van der Waals surface area contributed by atoms with Crippen LogP contribution >= 0.6 is 24.8 Å². The smallest absolute Gasteiger partial charge is 0.230 e. The summed E-state index contributed by atoms with van der Waals surface area (Å²) in [6.07, 6.45) is 8.56. The summed E-state index contributed by atoms with van der Waals surface area (Å²) in [5, 5.41) is 0. The van der Waals surface area contributed by atoms with Crippen molar-refractivity contribution in [3.63, 3.8) is 0 Å². The molecule has 2 N–H and O–H groups in total. The summed E-state index contributed by atoms with van der Waals surface area (Å²) in [7, 11) is 0. The van der Waals surface area contributed by atoms with Gasteiger partial charge in [-0.25, -0.2) is 4.98 Å². The molecule has 1 aliphatic carbocycles. The second kappa shape index (κ2) is 6.78. The molecule has 2 heterocycles. The van der Waals surface area contributed by atoms with Gasteiger partial charge in [-0.2, -0.15) is 0 Å². The van der Waals surface area contributed by atoms with E-state index >= 15 is 0 Å². The number of aromatic nitrogens is 2. The molecule has 1 saturated heterocycles. The third-order valence-electron chi connectivity index (χ3n) is 4.26. The number of hydrogen-bond acceptors (Lipinski definition) is 3. The minimum Gasteiger partial charge on any atom is -0.342 e. The van der Waals surface area contributed by atoms with Crippen molar-refractivity contribution in [1.29, 1.82) is 0 Å². The Bertz CT molecular complexity index is 434. The van der Waals surface area contributed by atoms with Crippen LogP contribution in [0.5, 0.6) is 0 Å². The highest BCUT2D eigenvalue weighted by Crippen LogP contribution is 2.49. The molecule has 1 saturated carbocycles. The molecule has 20 heavy (non-hydrogen) atoms. The van der Waals surface area contributed by atoms with Crippen molar-refractivity contribution in [2.45, 2.75) is 25.8 Å². The van der Waals surface area contributed by atoms with Crippen LogP contribution in [0.1, 0.15) is 19.3 Å². The zero-order chi connectivity index (χ0) is 12.6. The van der Waals surface area contributed by atoms with Gasteiger partial charge in [-0.1, -0.05) is 0 Å². The first kappa shape index (κ1) is 17.3. The van der Waals surface area contributed by atoms with Gasteiger partial charge in [0.25, 0.3) is 0 Å². The molecule has 7 heteroatoms. The van der Waals surface area contributed by atoms with Crippen LogP contribution in [0.25, 0.3) is 0 Å². The summed E-state index contributed by atoms with van der Waals surface area (Å²) in [4.78, 5) is 18.6. The summed E-state index contributed by atoms with van der Waals surface area (Å²) >= 11 is 0. The van der Waals surface area contributed by atoms with E-state index in [4.69, 9.17) is 5.73 Å². The Morgan fingerprint density at radius 3 is 2.65 bits per heavy atom. The molecule has 3 rings (SSSR count). The Hall–Kier alpha value is -0.780. The van der Waals surface area contributed by atoms with Gasteiger partial charge in [-0.15, -0.1) is 24.8 Å². The standard InChI is InChI=1S/C13H20N4O.2ClH/c14-7-11-1-5-17(8-11)12(18)13(2-3-13)9-16-6-4-15-10-16;;/h4,6,10-11H,1-3,5,7-9,14H2;2*1H. The molecule has 0 bridgehead atoms. The van der Waals surface area contributed by atoms with Crippen LogP contribution in [0, 0.1) is 11.3 Å². The normalized spacial score (nSPS) is 22.9. The predicted octanol–water partition coefficient (Wildman–Crippen LogP) is 1.31. The van der Waals surface area contributed by atoms with Gasteiger partial charge in [0.2, 0.25) is 5.91 Å². The number of imidazole rings is 1. The maximum absolute atomic E-state index is 12.6. The fourth-order valence-corrected chi connectivity index (χ4v) is 2.87. The number of carbonyl (C=O) groups is 1. The largest absolute Gasteiger partial charge is 0.342 e. The first-order valence-electron chi connectivity index (χ1n) is 6.69. The average Bonchev–Trinajstić information content (AvgIpc) is 2.84. The number of hydrogen-bond donors (Lipinski definition) is 1. The van der Waals surface area contributed by atoms with Crippen LogP contribution in [0.3, 0.4) is 0 Å². The van der Waals surface area contributed by atoms with E-state index in [1.54, 1.807) is 12.5 Å². The lowest BCUT2D eigenvalue weighted by molar-refractivity contribution is -0.136. The van der Waals surface area contributed by atoms with E-state index in [1.807, 2.05) is 15.7 Å². The molecule has 2 aliphatic rings. The van der Waals surface area contributed by atoms with Crippen LogP contribution in [-0.2, 0) is 11.3 Å². The molecule has 0 aromatic carbocycles. The van der Waals surface area contributed by atoms with Gasteiger partial charge in [0.1, 0.15) is 0 Å². The number of likely N-dealkylation sites (tertiary alicyclic amines) is 1. The second-order valence-electron chi connectivity index (χ2n) is 5.66. The van der Waals surface area contributed by atoms with Crippen molar-refractivity contribution in [3.05, 3.63) is 18.7 Å². The highest BCUT2D eigenvalue weighted by atomic mass is 35.5. The fourth-order valence-electron chi connectivity index (χ4n) is 2.87. The first-order valence-corrected chi connectivity index (χ1v) is 6.69. The molecule has 1 amide bonds. The Labute approximate surface area is 131 Å². The third kappa shape index (κ3) is 3.27. The quantitative estimate of drug-likeness (QED) is 0.909. The van der Waals surface area contributed by atoms with E-state index in [0.717, 1.165) is 38.9 Å². The van der Waals surface area contributed by atoms with Crippen molar-refractivity contribution in [3.8, 4) is 0 Å². The van der Waals surface area contributed by atoms with Crippen LogP contribution in [0.2, 0.25) is 0 Å². The molecule has 5 nitrogen and oxygen atoms in total. The van der Waals surface area contributed by atoms with Crippen molar-refractivity contribution in [2.24, 2.45) is 17.1 Å². The zero-order valence-corrected chi connectivity index (χ0v) is 13.0. The Morgan fingerprint density at radius 1 is 1.40 bits per heavy atom. The second-order valence-corrected chi connectivity index (χ2v) is 5.66. The molecule has 2 fully saturated rings. The molecule has 114 valence electrons. The Morgan fingerprint density at radius 2 is 2.15 bits per heavy atom. The number of nitrogens with zero attached hydrogens (tertiary/aromatic N) is 3. The predicted molar refractivity (Wildman–Crippen MR) is 82.1 cm³/mol. The average molecular weight is 321 g/mol. The highest BCUT2D eigenvalue weighted by Gasteiger charge is 2.52. The highest BCUT2D eigenvalue weighted by molar-refractivity contribution is 5.86. The van der Waals surface area contributed by atoms with Crippen molar-refractivity contribution < 1.29 is 4.79 Å². The summed E-state index contributed by atoms with van der Waals surface area (Å²) in [5.74, 6) is 0.824. The molecule has 1 aromatic heterocycles. The number of rotatable bonds is 4. The van der Waals surface area contributed by atoms with E-state index in [-0.39, 0.29) is 30.2 Å². The Kier molecular flexibility index (Phi) is 5.86. The van der Waals surface area contributed by atoms with Crippen LogP contribution in [0.15, 0.2) is 18.7 Å². The molecule has 0 radical (unpaired) electrons. The third-order valence-corrected chi connectivity index (χ3v) is 4.26. The maximum Gasteiger partial charge on any atom is 0.230 e. The van der Waals surface area contributed by atoms with E-state index in [1.165, 1.54) is 0 Å². The van der Waals surface area contributed by atoms with Gasteiger partial charge in [-0.3, -0.25) is 4.79 Å². The maximum atomic E-state index is 12.6. The molecule has 1 aromatic rings. The van der Waals surface area contributed by atoms with E-state index in [2.05, 4.69) is 4.98 Å². The monoisotopic (exact) mass is 320 g/mol. The molecular formula is C13H22Cl2N4O. The van der Waals surface area contributed by atoms with Crippen molar-refractivity contribution in [1.82, 2.24) is 14.5 Å². The number of nitrogens with two attached hydrogens (primary N) is 1. The lowest BCUT2D eigenvalue weighted by Gasteiger charge is -2.23. The Balaban J connectivity index is 0.000001000. The molecule has 1 atom stereocenters. The van der Waals surface area contributed by atoms with Crippen LogP contribution < -0.4 is 5.73 Å². The SMILES string of the molecule is Cl.Cl.NCC1CCN(C(=O)C2(Cn3ccnc3)CC2)C1. The van der Waals surface area contributed by atoms with Gasteiger partial charge < -0.3 is 15.2 Å². The minimum absolute atomic E-state index is 0. The topological polar surface area (TPSA) is 64.2 Å². The zero-order valence-electron chi connectivity index (χ0n) is 11.4. The summed E-state index contributed by atoms with van der Waals surface area (Å²) in [6.45, 7) is 3.20. The van der Waals surface area contributed by atoms with Gasteiger partial charge in [-0.05, 0) is 31.7 Å². The molecule has 0 spiro atoms.